The summed E-state index contributed by atoms with van der Waals surface area (Å²) in [7, 11) is 1.65. The van der Waals surface area contributed by atoms with Crippen LogP contribution in [0, 0.1) is 0 Å². The summed E-state index contributed by atoms with van der Waals surface area (Å²) in [4.78, 5) is 4.45. The Bertz CT molecular complexity index is 703. The molecule has 5 heteroatoms. The zero-order chi connectivity index (χ0) is 13.2. The number of benzene rings is 1. The fourth-order valence-electron chi connectivity index (χ4n) is 1.97. The summed E-state index contributed by atoms with van der Waals surface area (Å²) in [6, 6.07) is 11.6. The van der Waals surface area contributed by atoms with Crippen LogP contribution in [0.1, 0.15) is 11.4 Å². The highest BCUT2D eigenvalue weighted by atomic mass is 16.5. The van der Waals surface area contributed by atoms with Crippen molar-refractivity contribution in [2.75, 3.05) is 12.8 Å². The monoisotopic (exact) mass is 254 g/mol. The summed E-state index contributed by atoms with van der Waals surface area (Å²) in [5.41, 5.74) is 8.33. The number of hydrogen-bond donors (Lipinski definition) is 1. The summed E-state index contributed by atoms with van der Waals surface area (Å²) >= 11 is 0. The van der Waals surface area contributed by atoms with Crippen LogP contribution in [0.2, 0.25) is 0 Å². The zero-order valence-electron chi connectivity index (χ0n) is 10.6. The first-order valence-corrected chi connectivity index (χ1v) is 5.99. The summed E-state index contributed by atoms with van der Waals surface area (Å²) < 4.78 is 6.83. The molecule has 1 aromatic carbocycles. The Morgan fingerprint density at radius 3 is 2.68 bits per heavy atom. The predicted octanol–water partition coefficient (Wildman–Crippen LogP) is 1.91. The number of aromatic nitrogens is 3. The van der Waals surface area contributed by atoms with E-state index in [-0.39, 0.29) is 0 Å². The number of nitrogens with zero attached hydrogens (tertiary/aromatic N) is 3. The van der Waals surface area contributed by atoms with Gasteiger partial charge in [-0.25, -0.2) is 9.50 Å². The maximum absolute atomic E-state index is 5.86. The standard InChI is InChI=1S/C14H14N4O/c1-19-11-6-4-10(5-7-11)9-13-16-14-12(15)3-2-8-18(14)17-13/h2-8H,9,15H2,1H3. The quantitative estimate of drug-likeness (QED) is 0.775. The van der Waals surface area contributed by atoms with Crippen molar-refractivity contribution in [1.29, 1.82) is 0 Å². The highest BCUT2D eigenvalue weighted by Gasteiger charge is 2.06. The Morgan fingerprint density at radius 2 is 2.00 bits per heavy atom. The van der Waals surface area contributed by atoms with Crippen LogP contribution >= 0.6 is 0 Å². The molecule has 19 heavy (non-hydrogen) atoms. The van der Waals surface area contributed by atoms with Crippen molar-refractivity contribution in [2.24, 2.45) is 0 Å². The molecule has 3 aromatic rings. The average molecular weight is 254 g/mol. The fraction of sp³-hybridized carbons (Fsp3) is 0.143. The van der Waals surface area contributed by atoms with Crippen LogP contribution in [-0.2, 0) is 6.42 Å². The van der Waals surface area contributed by atoms with E-state index < -0.39 is 0 Å². The van der Waals surface area contributed by atoms with Crippen LogP contribution in [0.3, 0.4) is 0 Å². The number of ether oxygens (including phenoxy) is 1. The van der Waals surface area contributed by atoms with Gasteiger partial charge in [-0.05, 0) is 29.8 Å². The van der Waals surface area contributed by atoms with Gasteiger partial charge in [0, 0.05) is 12.6 Å². The molecule has 2 aromatic heterocycles. The van der Waals surface area contributed by atoms with Crippen LogP contribution < -0.4 is 10.5 Å². The Kier molecular flexibility index (Phi) is 2.79. The highest BCUT2D eigenvalue weighted by Crippen LogP contribution is 2.15. The molecule has 96 valence electrons. The third-order valence-electron chi connectivity index (χ3n) is 2.96. The van der Waals surface area contributed by atoms with Crippen molar-refractivity contribution in [3.05, 3.63) is 54.0 Å². The van der Waals surface area contributed by atoms with Gasteiger partial charge in [-0.3, -0.25) is 0 Å². The fourth-order valence-corrected chi connectivity index (χ4v) is 1.97. The highest BCUT2D eigenvalue weighted by molar-refractivity contribution is 5.63. The summed E-state index contributed by atoms with van der Waals surface area (Å²) in [6.45, 7) is 0. The van der Waals surface area contributed by atoms with Crippen LogP contribution in [0.25, 0.3) is 5.65 Å². The number of hydrogen-bond acceptors (Lipinski definition) is 4. The minimum atomic E-state index is 0.635. The first kappa shape index (κ1) is 11.5. The molecule has 0 aliphatic heterocycles. The van der Waals surface area contributed by atoms with Crippen molar-refractivity contribution in [1.82, 2.24) is 14.6 Å². The molecular weight excluding hydrogens is 240 g/mol. The van der Waals surface area contributed by atoms with Crippen molar-refractivity contribution in [3.63, 3.8) is 0 Å². The van der Waals surface area contributed by atoms with E-state index in [0.717, 1.165) is 17.1 Å². The lowest BCUT2D eigenvalue weighted by atomic mass is 10.1. The topological polar surface area (TPSA) is 65.4 Å². The SMILES string of the molecule is COc1ccc(Cc2nc3c(N)cccn3n2)cc1. The zero-order valence-corrected chi connectivity index (χ0v) is 10.6. The molecule has 0 saturated carbocycles. The minimum absolute atomic E-state index is 0.635. The van der Waals surface area contributed by atoms with E-state index in [9.17, 15) is 0 Å². The molecule has 0 spiro atoms. The third-order valence-corrected chi connectivity index (χ3v) is 2.96. The number of nitrogens with two attached hydrogens (primary N) is 1. The molecule has 0 unspecified atom stereocenters. The third kappa shape index (κ3) is 2.22. The Morgan fingerprint density at radius 1 is 1.21 bits per heavy atom. The Hall–Kier alpha value is -2.56. The number of fused-ring (bicyclic) bond motifs is 1. The van der Waals surface area contributed by atoms with Crippen LogP contribution in [-0.4, -0.2) is 21.7 Å². The Balaban J connectivity index is 1.90. The molecule has 2 N–H and O–H groups in total. The number of rotatable bonds is 3. The molecule has 0 saturated heterocycles. The van der Waals surface area contributed by atoms with E-state index in [0.29, 0.717) is 17.8 Å². The molecule has 5 nitrogen and oxygen atoms in total. The smallest absolute Gasteiger partial charge is 0.178 e. The normalized spacial score (nSPS) is 10.8. The van der Waals surface area contributed by atoms with Crippen LogP contribution in [0.4, 0.5) is 5.69 Å². The van der Waals surface area contributed by atoms with Gasteiger partial charge in [-0.15, -0.1) is 0 Å². The molecule has 3 rings (SSSR count). The summed E-state index contributed by atoms with van der Waals surface area (Å²) in [5, 5.41) is 4.41. The van der Waals surface area contributed by atoms with Gasteiger partial charge in [0.05, 0.1) is 12.8 Å². The number of anilines is 1. The van der Waals surface area contributed by atoms with Gasteiger partial charge in [0.25, 0.3) is 0 Å². The maximum Gasteiger partial charge on any atom is 0.178 e. The van der Waals surface area contributed by atoms with Gasteiger partial charge >= 0.3 is 0 Å². The van der Waals surface area contributed by atoms with E-state index in [4.69, 9.17) is 10.5 Å². The van der Waals surface area contributed by atoms with E-state index in [1.807, 2.05) is 42.6 Å². The molecule has 0 fully saturated rings. The minimum Gasteiger partial charge on any atom is -0.497 e. The van der Waals surface area contributed by atoms with E-state index >= 15 is 0 Å². The largest absolute Gasteiger partial charge is 0.497 e. The second-order valence-corrected chi connectivity index (χ2v) is 4.28. The molecule has 2 heterocycles. The van der Waals surface area contributed by atoms with E-state index in [2.05, 4.69) is 10.1 Å². The predicted molar refractivity (Wildman–Crippen MR) is 73.2 cm³/mol. The van der Waals surface area contributed by atoms with E-state index in [1.54, 1.807) is 11.6 Å². The van der Waals surface area contributed by atoms with Gasteiger partial charge in [0.1, 0.15) is 5.75 Å². The lowest BCUT2D eigenvalue weighted by Gasteiger charge is -2.00. The molecule has 0 amide bonds. The average Bonchev–Trinajstić information content (AvgIpc) is 2.84. The second kappa shape index (κ2) is 4.61. The van der Waals surface area contributed by atoms with Crippen LogP contribution in [0.15, 0.2) is 42.6 Å². The van der Waals surface area contributed by atoms with Crippen LogP contribution in [0.5, 0.6) is 5.75 Å². The summed E-state index contributed by atoms with van der Waals surface area (Å²) in [6.07, 6.45) is 2.52. The molecule has 0 aliphatic rings. The summed E-state index contributed by atoms with van der Waals surface area (Å²) in [5.74, 6) is 1.60. The van der Waals surface area contributed by atoms with Gasteiger partial charge in [-0.1, -0.05) is 12.1 Å². The first-order valence-electron chi connectivity index (χ1n) is 5.99. The maximum atomic E-state index is 5.86. The van der Waals surface area contributed by atoms with Crippen molar-refractivity contribution < 1.29 is 4.74 Å². The molecule has 0 bridgehead atoms. The van der Waals surface area contributed by atoms with Gasteiger partial charge < -0.3 is 10.5 Å². The Labute approximate surface area is 110 Å². The lowest BCUT2D eigenvalue weighted by molar-refractivity contribution is 0.414. The molecular formula is C14H14N4O. The van der Waals surface area contributed by atoms with Gasteiger partial charge in [0.2, 0.25) is 0 Å². The van der Waals surface area contributed by atoms with Gasteiger partial charge in [0.15, 0.2) is 11.5 Å². The molecule has 0 aliphatic carbocycles. The van der Waals surface area contributed by atoms with Crippen molar-refractivity contribution >= 4 is 11.3 Å². The van der Waals surface area contributed by atoms with Crippen molar-refractivity contribution in [3.8, 4) is 5.75 Å². The number of nitrogen functional groups attached to an aromatic ring is 1. The van der Waals surface area contributed by atoms with E-state index in [1.165, 1.54) is 0 Å². The second-order valence-electron chi connectivity index (χ2n) is 4.28. The lowest BCUT2D eigenvalue weighted by Crippen LogP contribution is -1.93. The van der Waals surface area contributed by atoms with Crippen molar-refractivity contribution in [2.45, 2.75) is 6.42 Å². The molecule has 0 radical (unpaired) electrons. The first-order chi connectivity index (χ1) is 9.26. The number of methoxy groups -OCH3 is 1. The molecule has 0 atom stereocenters. The number of pyridine rings is 1. The van der Waals surface area contributed by atoms with Gasteiger partial charge in [-0.2, -0.15) is 5.10 Å².